The summed E-state index contributed by atoms with van der Waals surface area (Å²) in [6.07, 6.45) is 6.83. The summed E-state index contributed by atoms with van der Waals surface area (Å²) in [6.45, 7) is 4.48. The van der Waals surface area contributed by atoms with E-state index in [0.29, 0.717) is 6.04 Å². The molecule has 0 amide bonds. The first-order chi connectivity index (χ1) is 9.22. The summed E-state index contributed by atoms with van der Waals surface area (Å²) < 4.78 is 0. The molecule has 0 bridgehead atoms. The van der Waals surface area contributed by atoms with E-state index >= 15 is 0 Å². The predicted octanol–water partition coefficient (Wildman–Crippen LogP) is 3.59. The maximum absolute atomic E-state index is 10.5. The first kappa shape index (κ1) is 14.5. The second kappa shape index (κ2) is 7.06. The lowest BCUT2D eigenvalue weighted by Crippen LogP contribution is -2.43. The SMILES string of the molecule is CCCCC[C@H](C)N[C@@H]1CCc2ccccc2[C@H]1O. The van der Waals surface area contributed by atoms with Crippen molar-refractivity contribution in [3.63, 3.8) is 0 Å². The van der Waals surface area contributed by atoms with Gasteiger partial charge in [-0.2, -0.15) is 0 Å². The number of aliphatic hydroxyl groups excluding tert-OH is 1. The Morgan fingerprint density at radius 3 is 2.89 bits per heavy atom. The Morgan fingerprint density at radius 2 is 2.11 bits per heavy atom. The molecule has 0 unspecified atom stereocenters. The van der Waals surface area contributed by atoms with Gasteiger partial charge in [0.2, 0.25) is 0 Å². The van der Waals surface area contributed by atoms with Crippen LogP contribution in [0, 0.1) is 0 Å². The van der Waals surface area contributed by atoms with Crippen LogP contribution in [0.15, 0.2) is 24.3 Å². The average Bonchev–Trinajstić information content (AvgIpc) is 2.43. The Bertz CT molecular complexity index is 391. The fourth-order valence-corrected chi connectivity index (χ4v) is 3.06. The molecule has 0 spiro atoms. The monoisotopic (exact) mass is 261 g/mol. The minimum absolute atomic E-state index is 0.214. The second-order valence-electron chi connectivity index (χ2n) is 5.85. The van der Waals surface area contributed by atoms with E-state index in [0.717, 1.165) is 18.4 Å². The summed E-state index contributed by atoms with van der Waals surface area (Å²) >= 11 is 0. The fraction of sp³-hybridized carbons (Fsp3) is 0.647. The van der Waals surface area contributed by atoms with Crippen LogP contribution >= 0.6 is 0 Å². The topological polar surface area (TPSA) is 32.3 Å². The summed E-state index contributed by atoms with van der Waals surface area (Å²) in [6, 6.07) is 9.00. The van der Waals surface area contributed by atoms with Crippen molar-refractivity contribution < 1.29 is 5.11 Å². The van der Waals surface area contributed by atoms with Gasteiger partial charge in [0.25, 0.3) is 0 Å². The van der Waals surface area contributed by atoms with E-state index in [1.807, 2.05) is 6.07 Å². The Kier molecular flexibility index (Phi) is 5.41. The van der Waals surface area contributed by atoms with Crippen molar-refractivity contribution in [1.29, 1.82) is 0 Å². The van der Waals surface area contributed by atoms with E-state index in [1.165, 1.54) is 31.2 Å². The molecule has 3 atom stereocenters. The molecule has 0 aliphatic heterocycles. The second-order valence-corrected chi connectivity index (χ2v) is 5.85. The molecule has 2 heteroatoms. The van der Waals surface area contributed by atoms with Crippen molar-refractivity contribution in [2.24, 2.45) is 0 Å². The molecule has 2 rings (SSSR count). The van der Waals surface area contributed by atoms with Crippen molar-refractivity contribution in [3.05, 3.63) is 35.4 Å². The van der Waals surface area contributed by atoms with Gasteiger partial charge in [-0.05, 0) is 37.3 Å². The van der Waals surface area contributed by atoms with Crippen molar-refractivity contribution in [2.45, 2.75) is 70.6 Å². The zero-order valence-corrected chi connectivity index (χ0v) is 12.2. The Balaban J connectivity index is 1.89. The highest BCUT2D eigenvalue weighted by atomic mass is 16.3. The average molecular weight is 261 g/mol. The highest BCUT2D eigenvalue weighted by Crippen LogP contribution is 2.30. The lowest BCUT2D eigenvalue weighted by atomic mass is 9.85. The summed E-state index contributed by atoms with van der Waals surface area (Å²) in [5.74, 6) is 0. The molecule has 1 aliphatic rings. The van der Waals surface area contributed by atoms with Crippen LogP contribution in [-0.4, -0.2) is 17.2 Å². The Morgan fingerprint density at radius 1 is 1.32 bits per heavy atom. The first-order valence-electron chi connectivity index (χ1n) is 7.74. The van der Waals surface area contributed by atoms with Crippen molar-refractivity contribution in [3.8, 4) is 0 Å². The van der Waals surface area contributed by atoms with E-state index in [1.54, 1.807) is 0 Å². The molecule has 0 aromatic heterocycles. The van der Waals surface area contributed by atoms with Gasteiger partial charge in [0.05, 0.1) is 6.10 Å². The molecule has 106 valence electrons. The minimum Gasteiger partial charge on any atom is -0.387 e. The van der Waals surface area contributed by atoms with Crippen LogP contribution in [0.5, 0.6) is 0 Å². The van der Waals surface area contributed by atoms with Crippen LogP contribution in [-0.2, 0) is 6.42 Å². The number of unbranched alkanes of at least 4 members (excludes halogenated alkanes) is 2. The van der Waals surface area contributed by atoms with E-state index in [-0.39, 0.29) is 12.1 Å². The number of hydrogen-bond acceptors (Lipinski definition) is 2. The Labute approximate surface area is 117 Å². The number of nitrogens with one attached hydrogen (secondary N) is 1. The summed E-state index contributed by atoms with van der Waals surface area (Å²) in [7, 11) is 0. The molecule has 1 aromatic rings. The highest BCUT2D eigenvalue weighted by molar-refractivity contribution is 5.32. The predicted molar refractivity (Wildman–Crippen MR) is 80.3 cm³/mol. The van der Waals surface area contributed by atoms with Gasteiger partial charge in [0, 0.05) is 12.1 Å². The zero-order valence-electron chi connectivity index (χ0n) is 12.2. The van der Waals surface area contributed by atoms with Gasteiger partial charge in [-0.3, -0.25) is 0 Å². The van der Waals surface area contributed by atoms with Gasteiger partial charge in [0.1, 0.15) is 0 Å². The zero-order chi connectivity index (χ0) is 13.7. The van der Waals surface area contributed by atoms with Crippen LogP contribution in [0.4, 0.5) is 0 Å². The van der Waals surface area contributed by atoms with Crippen LogP contribution in [0.3, 0.4) is 0 Å². The van der Waals surface area contributed by atoms with Crippen LogP contribution in [0.25, 0.3) is 0 Å². The molecule has 2 nitrogen and oxygen atoms in total. The molecule has 0 radical (unpaired) electrons. The van der Waals surface area contributed by atoms with E-state index in [2.05, 4.69) is 37.4 Å². The molecule has 0 saturated carbocycles. The summed E-state index contributed by atoms with van der Waals surface area (Å²) in [5, 5.41) is 14.1. The lowest BCUT2D eigenvalue weighted by Gasteiger charge is -2.33. The van der Waals surface area contributed by atoms with E-state index in [9.17, 15) is 5.11 Å². The molecular weight excluding hydrogens is 234 g/mol. The van der Waals surface area contributed by atoms with E-state index in [4.69, 9.17) is 0 Å². The number of rotatable bonds is 6. The molecule has 2 N–H and O–H groups in total. The summed E-state index contributed by atoms with van der Waals surface area (Å²) in [4.78, 5) is 0. The maximum Gasteiger partial charge on any atom is 0.0945 e. The lowest BCUT2D eigenvalue weighted by molar-refractivity contribution is 0.108. The summed E-state index contributed by atoms with van der Waals surface area (Å²) in [5.41, 5.74) is 2.43. The quantitative estimate of drug-likeness (QED) is 0.767. The maximum atomic E-state index is 10.5. The van der Waals surface area contributed by atoms with Crippen molar-refractivity contribution >= 4 is 0 Å². The third-order valence-electron chi connectivity index (χ3n) is 4.22. The molecule has 19 heavy (non-hydrogen) atoms. The third-order valence-corrected chi connectivity index (χ3v) is 4.22. The van der Waals surface area contributed by atoms with Crippen molar-refractivity contribution in [1.82, 2.24) is 5.32 Å². The van der Waals surface area contributed by atoms with Gasteiger partial charge in [-0.25, -0.2) is 0 Å². The number of aliphatic hydroxyl groups is 1. The number of benzene rings is 1. The fourth-order valence-electron chi connectivity index (χ4n) is 3.06. The van der Waals surface area contributed by atoms with Crippen LogP contribution < -0.4 is 5.32 Å². The standard InChI is InChI=1S/C17H27NO/c1-3-4-5-8-13(2)18-16-12-11-14-9-6-7-10-15(14)17(16)19/h6-7,9-10,13,16-19H,3-5,8,11-12H2,1-2H3/t13-,16+,17+/m0/s1. The van der Waals surface area contributed by atoms with Gasteiger partial charge in [-0.15, -0.1) is 0 Å². The largest absolute Gasteiger partial charge is 0.387 e. The van der Waals surface area contributed by atoms with Gasteiger partial charge < -0.3 is 10.4 Å². The van der Waals surface area contributed by atoms with E-state index < -0.39 is 0 Å². The van der Waals surface area contributed by atoms with Gasteiger partial charge in [0.15, 0.2) is 0 Å². The van der Waals surface area contributed by atoms with Crippen LogP contribution in [0.1, 0.15) is 63.2 Å². The smallest absolute Gasteiger partial charge is 0.0945 e. The first-order valence-corrected chi connectivity index (χ1v) is 7.74. The number of fused-ring (bicyclic) bond motifs is 1. The molecular formula is C17H27NO. The molecule has 1 aromatic carbocycles. The molecule has 1 aliphatic carbocycles. The normalized spacial score (nSPS) is 23.9. The van der Waals surface area contributed by atoms with Crippen molar-refractivity contribution in [2.75, 3.05) is 0 Å². The minimum atomic E-state index is -0.349. The molecule has 0 saturated heterocycles. The number of aryl methyl sites for hydroxylation is 1. The molecule has 0 fully saturated rings. The van der Waals surface area contributed by atoms with Crippen LogP contribution in [0.2, 0.25) is 0 Å². The van der Waals surface area contributed by atoms with Gasteiger partial charge in [-0.1, -0.05) is 50.5 Å². The Hall–Kier alpha value is -0.860. The third kappa shape index (κ3) is 3.80. The number of hydrogen-bond donors (Lipinski definition) is 2. The molecule has 0 heterocycles. The van der Waals surface area contributed by atoms with Gasteiger partial charge >= 0.3 is 0 Å². The highest BCUT2D eigenvalue weighted by Gasteiger charge is 2.28.